The summed E-state index contributed by atoms with van der Waals surface area (Å²) < 4.78 is 18.7. The van der Waals surface area contributed by atoms with Gasteiger partial charge in [-0.1, -0.05) is 12.1 Å². The number of rotatable bonds is 7. The summed E-state index contributed by atoms with van der Waals surface area (Å²) in [6.07, 6.45) is 2.00. The second-order valence-corrected chi connectivity index (χ2v) is 5.38. The number of aliphatic hydroxyl groups excluding tert-OH is 1. The Kier molecular flexibility index (Phi) is 4.60. The fraction of sp³-hybridized carbons (Fsp3) is 0.533. The lowest BCUT2D eigenvalue weighted by molar-refractivity contribution is -0.127. The van der Waals surface area contributed by atoms with E-state index in [1.165, 1.54) is 12.1 Å². The lowest BCUT2D eigenvalue weighted by Gasteiger charge is -2.18. The lowest BCUT2D eigenvalue weighted by Crippen LogP contribution is -2.39. The van der Waals surface area contributed by atoms with Gasteiger partial charge in [-0.05, 0) is 43.7 Å². The van der Waals surface area contributed by atoms with E-state index in [0.29, 0.717) is 13.0 Å². The van der Waals surface area contributed by atoms with Gasteiger partial charge in [0.05, 0.1) is 0 Å². The Labute approximate surface area is 117 Å². The van der Waals surface area contributed by atoms with Gasteiger partial charge in [-0.2, -0.15) is 0 Å². The van der Waals surface area contributed by atoms with Crippen LogP contribution in [0, 0.1) is 11.2 Å². The van der Waals surface area contributed by atoms with E-state index in [1.807, 2.05) is 0 Å². The summed E-state index contributed by atoms with van der Waals surface area (Å²) in [5, 5.41) is 11.8. The van der Waals surface area contributed by atoms with Crippen LogP contribution >= 0.6 is 0 Å². The summed E-state index contributed by atoms with van der Waals surface area (Å²) in [7, 11) is 0. The van der Waals surface area contributed by atoms with Crippen LogP contribution in [0.2, 0.25) is 0 Å². The molecule has 1 fully saturated rings. The van der Waals surface area contributed by atoms with E-state index in [2.05, 4.69) is 5.32 Å². The number of benzene rings is 1. The predicted molar refractivity (Wildman–Crippen MR) is 72.9 cm³/mol. The molecule has 2 N–H and O–H groups in total. The number of para-hydroxylation sites is 1. The Balaban J connectivity index is 1.82. The van der Waals surface area contributed by atoms with E-state index >= 15 is 0 Å². The second kappa shape index (κ2) is 6.22. The zero-order valence-electron chi connectivity index (χ0n) is 11.6. The van der Waals surface area contributed by atoms with E-state index in [4.69, 9.17) is 9.84 Å². The third-order valence-corrected chi connectivity index (χ3v) is 3.75. The molecular weight excluding hydrogens is 261 g/mol. The lowest BCUT2D eigenvalue weighted by atomic mass is 10.0. The van der Waals surface area contributed by atoms with E-state index < -0.39 is 11.9 Å². The van der Waals surface area contributed by atoms with Gasteiger partial charge in [-0.15, -0.1) is 0 Å². The van der Waals surface area contributed by atoms with Gasteiger partial charge < -0.3 is 15.2 Å². The quantitative estimate of drug-likeness (QED) is 0.802. The first-order chi connectivity index (χ1) is 9.56. The van der Waals surface area contributed by atoms with Crippen LogP contribution in [-0.2, 0) is 4.79 Å². The molecular formula is C15H20FNO3. The van der Waals surface area contributed by atoms with Gasteiger partial charge >= 0.3 is 0 Å². The normalized spacial score (nSPS) is 17.4. The minimum atomic E-state index is -0.753. The molecule has 1 unspecified atom stereocenters. The fourth-order valence-electron chi connectivity index (χ4n) is 2.13. The van der Waals surface area contributed by atoms with Crippen molar-refractivity contribution in [2.45, 2.75) is 32.3 Å². The standard InChI is InChI=1S/C15H20FNO3/c1-11(20-13-5-3-2-4-12(13)16)14(19)17-10-15(6-7-15)8-9-18/h2-5,11,18H,6-10H2,1H3,(H,17,19). The molecule has 1 aromatic carbocycles. The van der Waals surface area contributed by atoms with Crippen molar-refractivity contribution in [3.05, 3.63) is 30.1 Å². The Morgan fingerprint density at radius 3 is 2.80 bits per heavy atom. The largest absolute Gasteiger partial charge is 0.478 e. The molecule has 0 heterocycles. The molecule has 0 spiro atoms. The van der Waals surface area contributed by atoms with Crippen molar-refractivity contribution in [3.63, 3.8) is 0 Å². The third kappa shape index (κ3) is 3.70. The number of aliphatic hydroxyl groups is 1. The van der Waals surface area contributed by atoms with Crippen LogP contribution in [0.4, 0.5) is 4.39 Å². The maximum Gasteiger partial charge on any atom is 0.260 e. The number of ether oxygens (including phenoxy) is 1. The van der Waals surface area contributed by atoms with Gasteiger partial charge in [0.15, 0.2) is 17.7 Å². The summed E-state index contributed by atoms with van der Waals surface area (Å²) in [5.41, 5.74) is 0.0577. The smallest absolute Gasteiger partial charge is 0.260 e. The molecule has 110 valence electrons. The Morgan fingerprint density at radius 1 is 1.50 bits per heavy atom. The van der Waals surface area contributed by atoms with Gasteiger partial charge in [0.2, 0.25) is 0 Å². The van der Waals surface area contributed by atoms with Crippen molar-refractivity contribution >= 4 is 5.91 Å². The monoisotopic (exact) mass is 281 g/mol. The third-order valence-electron chi connectivity index (χ3n) is 3.75. The van der Waals surface area contributed by atoms with Crippen molar-refractivity contribution in [2.75, 3.05) is 13.2 Å². The molecule has 1 amide bonds. The molecule has 0 aliphatic heterocycles. The van der Waals surface area contributed by atoms with Crippen LogP contribution in [0.5, 0.6) is 5.75 Å². The molecule has 20 heavy (non-hydrogen) atoms. The number of hydrogen-bond acceptors (Lipinski definition) is 3. The zero-order chi connectivity index (χ0) is 14.6. The molecule has 1 saturated carbocycles. The van der Waals surface area contributed by atoms with Crippen molar-refractivity contribution in [1.82, 2.24) is 5.32 Å². The van der Waals surface area contributed by atoms with E-state index in [0.717, 1.165) is 12.8 Å². The average molecular weight is 281 g/mol. The van der Waals surface area contributed by atoms with Gasteiger partial charge in [0.25, 0.3) is 5.91 Å². The summed E-state index contributed by atoms with van der Waals surface area (Å²) in [4.78, 5) is 11.9. The maximum atomic E-state index is 13.4. The average Bonchev–Trinajstić information content (AvgIpc) is 3.19. The Morgan fingerprint density at radius 2 is 2.20 bits per heavy atom. The highest BCUT2D eigenvalue weighted by Crippen LogP contribution is 2.47. The summed E-state index contributed by atoms with van der Waals surface area (Å²) in [5.74, 6) is -0.671. The van der Waals surface area contributed by atoms with Crippen molar-refractivity contribution < 1.29 is 19.0 Å². The topological polar surface area (TPSA) is 58.6 Å². The molecule has 0 saturated heterocycles. The van der Waals surface area contributed by atoms with Crippen LogP contribution in [0.25, 0.3) is 0 Å². The molecule has 0 radical (unpaired) electrons. The predicted octanol–water partition coefficient (Wildman–Crippen LogP) is 1.87. The molecule has 0 bridgehead atoms. The molecule has 4 nitrogen and oxygen atoms in total. The summed E-state index contributed by atoms with van der Waals surface area (Å²) in [6, 6.07) is 6.01. The molecule has 5 heteroatoms. The molecule has 1 aliphatic rings. The van der Waals surface area contributed by atoms with Gasteiger partial charge in [-0.25, -0.2) is 4.39 Å². The van der Waals surface area contributed by atoms with E-state index in [1.54, 1.807) is 19.1 Å². The van der Waals surface area contributed by atoms with Crippen LogP contribution in [0.3, 0.4) is 0 Å². The van der Waals surface area contributed by atoms with Gasteiger partial charge in [-0.3, -0.25) is 4.79 Å². The molecule has 1 aromatic rings. The first-order valence-corrected chi connectivity index (χ1v) is 6.86. The first kappa shape index (κ1) is 14.8. The van der Waals surface area contributed by atoms with E-state index in [9.17, 15) is 9.18 Å². The number of halogens is 1. The Hall–Kier alpha value is -1.62. The summed E-state index contributed by atoms with van der Waals surface area (Å²) >= 11 is 0. The number of carbonyl (C=O) groups is 1. The van der Waals surface area contributed by atoms with Crippen molar-refractivity contribution in [1.29, 1.82) is 0 Å². The maximum absolute atomic E-state index is 13.4. The van der Waals surface area contributed by atoms with Crippen molar-refractivity contribution in [2.24, 2.45) is 5.41 Å². The number of carbonyl (C=O) groups excluding carboxylic acids is 1. The highest BCUT2D eigenvalue weighted by Gasteiger charge is 2.42. The van der Waals surface area contributed by atoms with Crippen molar-refractivity contribution in [3.8, 4) is 5.75 Å². The van der Waals surface area contributed by atoms with Crippen LogP contribution in [-0.4, -0.2) is 30.3 Å². The molecule has 1 aliphatic carbocycles. The van der Waals surface area contributed by atoms with Crippen LogP contribution in [0.15, 0.2) is 24.3 Å². The minimum absolute atomic E-state index is 0.0577. The van der Waals surface area contributed by atoms with Gasteiger partial charge in [0.1, 0.15) is 0 Å². The number of amides is 1. The molecule has 2 rings (SSSR count). The highest BCUT2D eigenvalue weighted by atomic mass is 19.1. The zero-order valence-corrected chi connectivity index (χ0v) is 11.6. The Bertz CT molecular complexity index is 474. The van der Waals surface area contributed by atoms with E-state index in [-0.39, 0.29) is 23.7 Å². The second-order valence-electron chi connectivity index (χ2n) is 5.38. The van der Waals surface area contributed by atoms with Gasteiger partial charge in [0, 0.05) is 13.2 Å². The fourth-order valence-corrected chi connectivity index (χ4v) is 2.13. The molecule has 0 aromatic heterocycles. The first-order valence-electron chi connectivity index (χ1n) is 6.86. The SMILES string of the molecule is CC(Oc1ccccc1F)C(=O)NCC1(CCO)CC1. The van der Waals surface area contributed by atoms with Crippen LogP contribution < -0.4 is 10.1 Å². The minimum Gasteiger partial charge on any atom is -0.478 e. The summed E-state index contributed by atoms with van der Waals surface area (Å²) in [6.45, 7) is 2.27. The number of nitrogens with one attached hydrogen (secondary N) is 1. The highest BCUT2D eigenvalue weighted by molar-refractivity contribution is 5.80. The molecule has 1 atom stereocenters. The van der Waals surface area contributed by atoms with Crippen LogP contribution in [0.1, 0.15) is 26.2 Å². The number of hydrogen-bond donors (Lipinski definition) is 2.